The SMILES string of the molecule is CCON=C(C(=O)O)c1ccc(Oc2ccccc2)cc1. The molecule has 1 N–H and O–H groups in total. The van der Waals surface area contributed by atoms with Crippen LogP contribution in [-0.2, 0) is 9.63 Å². The van der Waals surface area contributed by atoms with Gasteiger partial charge in [0.2, 0.25) is 0 Å². The van der Waals surface area contributed by atoms with Crippen LogP contribution in [0.25, 0.3) is 0 Å². The molecule has 21 heavy (non-hydrogen) atoms. The average molecular weight is 285 g/mol. The Morgan fingerprint density at radius 2 is 1.67 bits per heavy atom. The number of carbonyl (C=O) groups is 1. The number of ether oxygens (including phenoxy) is 1. The van der Waals surface area contributed by atoms with Gasteiger partial charge in [-0.25, -0.2) is 4.79 Å². The fourth-order valence-electron chi connectivity index (χ4n) is 1.65. The van der Waals surface area contributed by atoms with Crippen LogP contribution in [0.2, 0.25) is 0 Å². The zero-order valence-electron chi connectivity index (χ0n) is 11.5. The van der Waals surface area contributed by atoms with Crippen LogP contribution in [0.15, 0.2) is 59.8 Å². The van der Waals surface area contributed by atoms with E-state index >= 15 is 0 Å². The predicted octanol–water partition coefficient (Wildman–Crippen LogP) is 3.30. The van der Waals surface area contributed by atoms with E-state index in [0.29, 0.717) is 23.7 Å². The summed E-state index contributed by atoms with van der Waals surface area (Å²) in [6.07, 6.45) is 0. The van der Waals surface area contributed by atoms with E-state index in [1.54, 1.807) is 31.2 Å². The van der Waals surface area contributed by atoms with Crippen LogP contribution in [0, 0.1) is 0 Å². The van der Waals surface area contributed by atoms with Crippen molar-refractivity contribution in [3.05, 3.63) is 60.2 Å². The molecule has 2 aromatic rings. The van der Waals surface area contributed by atoms with Crippen LogP contribution in [-0.4, -0.2) is 23.4 Å². The van der Waals surface area contributed by atoms with Crippen molar-refractivity contribution in [3.63, 3.8) is 0 Å². The summed E-state index contributed by atoms with van der Waals surface area (Å²) in [4.78, 5) is 16.0. The van der Waals surface area contributed by atoms with Gasteiger partial charge in [0.15, 0.2) is 5.71 Å². The summed E-state index contributed by atoms with van der Waals surface area (Å²) in [5.41, 5.74) is 0.319. The maximum Gasteiger partial charge on any atom is 0.358 e. The van der Waals surface area contributed by atoms with Crippen molar-refractivity contribution in [1.82, 2.24) is 0 Å². The summed E-state index contributed by atoms with van der Waals surface area (Å²) in [7, 11) is 0. The summed E-state index contributed by atoms with van der Waals surface area (Å²) in [6, 6.07) is 16.0. The topological polar surface area (TPSA) is 68.1 Å². The van der Waals surface area contributed by atoms with Crippen molar-refractivity contribution in [2.75, 3.05) is 6.61 Å². The van der Waals surface area contributed by atoms with Gasteiger partial charge in [0.25, 0.3) is 0 Å². The van der Waals surface area contributed by atoms with Crippen LogP contribution in [0.1, 0.15) is 12.5 Å². The van der Waals surface area contributed by atoms with Gasteiger partial charge in [-0.1, -0.05) is 23.4 Å². The molecular weight excluding hydrogens is 270 g/mol. The minimum atomic E-state index is -1.14. The number of hydrogen-bond donors (Lipinski definition) is 1. The lowest BCUT2D eigenvalue weighted by Gasteiger charge is -2.06. The molecular formula is C16H15NO4. The van der Waals surface area contributed by atoms with Gasteiger partial charge < -0.3 is 14.7 Å². The lowest BCUT2D eigenvalue weighted by Crippen LogP contribution is -2.15. The summed E-state index contributed by atoms with van der Waals surface area (Å²) in [6.45, 7) is 2.05. The maximum absolute atomic E-state index is 11.1. The van der Waals surface area contributed by atoms with Crippen LogP contribution in [0.3, 0.4) is 0 Å². The molecule has 0 bridgehead atoms. The number of nitrogens with zero attached hydrogens (tertiary/aromatic N) is 1. The number of hydrogen-bond acceptors (Lipinski definition) is 4. The van der Waals surface area contributed by atoms with Crippen LogP contribution in [0.4, 0.5) is 0 Å². The first kappa shape index (κ1) is 14.6. The van der Waals surface area contributed by atoms with Crippen molar-refractivity contribution >= 4 is 11.7 Å². The first-order valence-electron chi connectivity index (χ1n) is 6.47. The van der Waals surface area contributed by atoms with E-state index in [-0.39, 0.29) is 5.71 Å². The minimum Gasteiger partial charge on any atom is -0.476 e. The molecule has 0 saturated heterocycles. The number of carboxylic acid groups (broad SMARTS) is 1. The largest absolute Gasteiger partial charge is 0.476 e. The number of aliphatic carboxylic acids is 1. The molecule has 0 aliphatic heterocycles. The van der Waals surface area contributed by atoms with Gasteiger partial charge in [0.1, 0.15) is 18.1 Å². The summed E-state index contributed by atoms with van der Waals surface area (Å²) in [5.74, 6) is 0.193. The monoisotopic (exact) mass is 285 g/mol. The number of para-hydroxylation sites is 1. The number of carboxylic acids is 1. The first-order valence-corrected chi connectivity index (χ1v) is 6.47. The molecule has 2 aromatic carbocycles. The Kier molecular flexibility index (Phi) is 4.93. The van der Waals surface area contributed by atoms with E-state index < -0.39 is 5.97 Å². The third kappa shape index (κ3) is 4.07. The number of rotatable bonds is 6. The van der Waals surface area contributed by atoms with Crippen molar-refractivity contribution < 1.29 is 19.5 Å². The highest BCUT2D eigenvalue weighted by molar-refractivity contribution is 6.42. The van der Waals surface area contributed by atoms with Gasteiger partial charge in [-0.05, 0) is 43.3 Å². The molecule has 108 valence electrons. The quantitative estimate of drug-likeness (QED) is 0.653. The average Bonchev–Trinajstić information content (AvgIpc) is 2.50. The Balaban J connectivity index is 2.16. The molecule has 0 atom stereocenters. The molecule has 0 radical (unpaired) electrons. The maximum atomic E-state index is 11.1. The number of benzene rings is 2. The molecule has 5 heteroatoms. The molecule has 0 fully saturated rings. The lowest BCUT2D eigenvalue weighted by molar-refractivity contribution is -0.129. The second kappa shape index (κ2) is 7.09. The minimum absolute atomic E-state index is 0.136. The van der Waals surface area contributed by atoms with E-state index in [0.717, 1.165) is 0 Å². The number of oxime groups is 1. The van der Waals surface area contributed by atoms with Crippen molar-refractivity contribution in [1.29, 1.82) is 0 Å². The second-order valence-electron chi connectivity index (χ2n) is 4.10. The van der Waals surface area contributed by atoms with Crippen LogP contribution in [0.5, 0.6) is 11.5 Å². The zero-order valence-corrected chi connectivity index (χ0v) is 11.5. The smallest absolute Gasteiger partial charge is 0.358 e. The summed E-state index contributed by atoms with van der Waals surface area (Å²) in [5, 5.41) is 12.7. The summed E-state index contributed by atoms with van der Waals surface area (Å²) < 4.78 is 5.64. The second-order valence-corrected chi connectivity index (χ2v) is 4.10. The lowest BCUT2D eigenvalue weighted by atomic mass is 10.1. The van der Waals surface area contributed by atoms with Gasteiger partial charge in [-0.3, -0.25) is 0 Å². The van der Waals surface area contributed by atoms with Gasteiger partial charge in [-0.2, -0.15) is 0 Å². The van der Waals surface area contributed by atoms with Crippen LogP contribution >= 0.6 is 0 Å². The standard InChI is InChI=1S/C16H15NO4/c1-2-20-17-15(16(18)19)12-8-10-14(11-9-12)21-13-6-4-3-5-7-13/h3-11H,2H2,1H3,(H,18,19). The molecule has 0 aliphatic rings. The Hall–Kier alpha value is -2.82. The Bertz CT molecular complexity index is 620. The third-order valence-corrected chi connectivity index (χ3v) is 2.59. The van der Waals surface area contributed by atoms with Gasteiger partial charge in [-0.15, -0.1) is 0 Å². The molecule has 0 amide bonds. The highest BCUT2D eigenvalue weighted by Gasteiger charge is 2.13. The van der Waals surface area contributed by atoms with E-state index in [1.807, 2.05) is 30.3 Å². The molecule has 0 heterocycles. The highest BCUT2D eigenvalue weighted by Crippen LogP contribution is 2.21. The Morgan fingerprint density at radius 1 is 1.05 bits per heavy atom. The van der Waals surface area contributed by atoms with Gasteiger partial charge in [0, 0.05) is 5.56 Å². The van der Waals surface area contributed by atoms with E-state index in [2.05, 4.69) is 5.16 Å². The molecule has 0 aliphatic carbocycles. The highest BCUT2D eigenvalue weighted by atomic mass is 16.6. The zero-order chi connectivity index (χ0) is 15.1. The fourth-order valence-corrected chi connectivity index (χ4v) is 1.65. The predicted molar refractivity (Wildman–Crippen MR) is 78.8 cm³/mol. The van der Waals surface area contributed by atoms with Gasteiger partial charge >= 0.3 is 5.97 Å². The molecule has 0 spiro atoms. The van der Waals surface area contributed by atoms with E-state index in [4.69, 9.17) is 14.7 Å². The summed E-state index contributed by atoms with van der Waals surface area (Å²) >= 11 is 0. The molecule has 5 nitrogen and oxygen atoms in total. The molecule has 0 aromatic heterocycles. The Labute approximate surface area is 122 Å². The molecule has 0 unspecified atom stereocenters. The molecule has 0 saturated carbocycles. The van der Waals surface area contributed by atoms with Crippen molar-refractivity contribution in [3.8, 4) is 11.5 Å². The first-order chi connectivity index (χ1) is 10.2. The molecule has 2 rings (SSSR count). The van der Waals surface area contributed by atoms with Gasteiger partial charge in [0.05, 0.1) is 0 Å². The fraction of sp³-hybridized carbons (Fsp3) is 0.125. The normalized spacial score (nSPS) is 11.0. The van der Waals surface area contributed by atoms with Crippen LogP contribution < -0.4 is 4.74 Å². The Morgan fingerprint density at radius 3 is 2.24 bits per heavy atom. The van der Waals surface area contributed by atoms with Crippen molar-refractivity contribution in [2.24, 2.45) is 5.16 Å². The van der Waals surface area contributed by atoms with Crippen molar-refractivity contribution in [2.45, 2.75) is 6.92 Å². The van der Waals surface area contributed by atoms with E-state index in [9.17, 15) is 4.79 Å². The van der Waals surface area contributed by atoms with E-state index in [1.165, 1.54) is 0 Å². The third-order valence-electron chi connectivity index (χ3n) is 2.59.